The van der Waals surface area contributed by atoms with Crippen LogP contribution in [0.1, 0.15) is 44.0 Å². The first kappa shape index (κ1) is 23.8. The van der Waals surface area contributed by atoms with Crippen LogP contribution in [0.5, 0.6) is 0 Å². The van der Waals surface area contributed by atoms with Crippen LogP contribution in [0.25, 0.3) is 10.8 Å². The summed E-state index contributed by atoms with van der Waals surface area (Å²) in [7, 11) is 2.03. The molecule has 0 saturated carbocycles. The molecule has 0 bridgehead atoms. The van der Waals surface area contributed by atoms with Gasteiger partial charge in [-0.15, -0.1) is 0 Å². The fraction of sp³-hybridized carbons (Fsp3) is 0.500. The minimum atomic E-state index is -0.439. The highest BCUT2D eigenvalue weighted by atomic mass is 16.6. The van der Waals surface area contributed by atoms with E-state index in [-0.39, 0.29) is 5.97 Å². The molecule has 30 heavy (non-hydrogen) atoms. The number of hydrogen-bond acceptors (Lipinski definition) is 6. The van der Waals surface area contributed by atoms with Gasteiger partial charge in [-0.3, -0.25) is 9.59 Å². The number of hydrogen-bond donors (Lipinski definition) is 0. The maximum atomic E-state index is 11.6. The number of ether oxygens (including phenoxy) is 3. The lowest BCUT2D eigenvalue weighted by molar-refractivity contribution is -0.155. The summed E-state index contributed by atoms with van der Waals surface area (Å²) in [5.41, 5.74) is 1.35. The van der Waals surface area contributed by atoms with Crippen LogP contribution < -0.4 is 4.90 Å². The number of esters is 1. The summed E-state index contributed by atoms with van der Waals surface area (Å²) in [5, 5.41) is 2.16. The second-order valence-corrected chi connectivity index (χ2v) is 8.25. The first-order valence-corrected chi connectivity index (χ1v) is 10.4. The van der Waals surface area contributed by atoms with Crippen molar-refractivity contribution in [3.63, 3.8) is 0 Å². The molecular weight excluding hydrogens is 382 g/mol. The van der Waals surface area contributed by atoms with E-state index in [1.165, 1.54) is 0 Å². The Labute approximate surface area is 179 Å². The molecule has 0 amide bonds. The SMILES string of the molecule is CN(CCOCCOCCCC(=O)OC(C)(C)C)c1ccc2cc(C=O)ccc2c1. The van der Waals surface area contributed by atoms with Gasteiger partial charge in [0.1, 0.15) is 11.9 Å². The van der Waals surface area contributed by atoms with Crippen molar-refractivity contribution in [2.45, 2.75) is 39.2 Å². The summed E-state index contributed by atoms with van der Waals surface area (Å²) >= 11 is 0. The normalized spacial score (nSPS) is 11.5. The van der Waals surface area contributed by atoms with Crippen molar-refractivity contribution >= 4 is 28.7 Å². The number of carbonyl (C=O) groups is 2. The molecule has 0 radical (unpaired) electrons. The molecule has 0 aromatic heterocycles. The maximum Gasteiger partial charge on any atom is 0.306 e. The van der Waals surface area contributed by atoms with Crippen molar-refractivity contribution < 1.29 is 23.8 Å². The highest BCUT2D eigenvalue weighted by Gasteiger charge is 2.15. The molecule has 0 N–H and O–H groups in total. The van der Waals surface area contributed by atoms with Crippen molar-refractivity contribution in [1.82, 2.24) is 0 Å². The van der Waals surface area contributed by atoms with E-state index in [1.54, 1.807) is 0 Å². The smallest absolute Gasteiger partial charge is 0.306 e. The van der Waals surface area contributed by atoms with E-state index < -0.39 is 5.60 Å². The van der Waals surface area contributed by atoms with Gasteiger partial charge in [0.15, 0.2) is 0 Å². The van der Waals surface area contributed by atoms with Gasteiger partial charge in [-0.05, 0) is 56.2 Å². The van der Waals surface area contributed by atoms with E-state index in [4.69, 9.17) is 14.2 Å². The van der Waals surface area contributed by atoms with E-state index in [2.05, 4.69) is 11.0 Å². The average Bonchev–Trinajstić information content (AvgIpc) is 2.70. The lowest BCUT2D eigenvalue weighted by atomic mass is 10.1. The molecule has 2 aromatic carbocycles. The molecule has 2 aromatic rings. The highest BCUT2D eigenvalue weighted by molar-refractivity contribution is 5.90. The summed E-state index contributed by atoms with van der Waals surface area (Å²) in [6.45, 7) is 8.49. The number of aldehydes is 1. The predicted molar refractivity (Wildman–Crippen MR) is 119 cm³/mol. The van der Waals surface area contributed by atoms with Crippen LogP contribution in [0.3, 0.4) is 0 Å². The quantitative estimate of drug-likeness (QED) is 0.293. The van der Waals surface area contributed by atoms with Crippen LogP contribution in [0.4, 0.5) is 5.69 Å². The lowest BCUT2D eigenvalue weighted by Crippen LogP contribution is -2.24. The summed E-state index contributed by atoms with van der Waals surface area (Å²) in [6, 6.07) is 11.9. The molecule has 0 aliphatic heterocycles. The van der Waals surface area contributed by atoms with Gasteiger partial charge in [-0.2, -0.15) is 0 Å². The average molecular weight is 416 g/mol. The van der Waals surface area contributed by atoms with Gasteiger partial charge in [-0.25, -0.2) is 0 Å². The molecule has 6 nitrogen and oxygen atoms in total. The highest BCUT2D eigenvalue weighted by Crippen LogP contribution is 2.22. The largest absolute Gasteiger partial charge is 0.460 e. The van der Waals surface area contributed by atoms with Crippen LogP contribution >= 0.6 is 0 Å². The zero-order chi connectivity index (χ0) is 22.0. The first-order valence-electron chi connectivity index (χ1n) is 10.4. The molecule has 6 heteroatoms. The van der Waals surface area contributed by atoms with Crippen LogP contribution in [-0.2, 0) is 19.0 Å². The molecule has 0 aliphatic rings. The lowest BCUT2D eigenvalue weighted by Gasteiger charge is -2.20. The molecule has 0 atom stereocenters. The van der Waals surface area contributed by atoms with Crippen molar-refractivity contribution in [1.29, 1.82) is 0 Å². The Bertz CT molecular complexity index is 828. The second kappa shape index (κ2) is 11.7. The third-order valence-corrected chi connectivity index (χ3v) is 4.46. The molecule has 2 rings (SSSR count). The summed E-state index contributed by atoms with van der Waals surface area (Å²) < 4.78 is 16.4. The number of nitrogens with zero attached hydrogens (tertiary/aromatic N) is 1. The van der Waals surface area contributed by atoms with Gasteiger partial charge < -0.3 is 19.1 Å². The Morgan fingerprint density at radius 1 is 0.967 bits per heavy atom. The Morgan fingerprint density at radius 2 is 1.63 bits per heavy atom. The van der Waals surface area contributed by atoms with Crippen LogP contribution in [0, 0.1) is 0 Å². The minimum Gasteiger partial charge on any atom is -0.460 e. The van der Waals surface area contributed by atoms with Gasteiger partial charge in [0, 0.05) is 37.9 Å². The third kappa shape index (κ3) is 8.51. The fourth-order valence-corrected chi connectivity index (χ4v) is 2.93. The molecule has 0 aliphatic carbocycles. The number of fused-ring (bicyclic) bond motifs is 1. The topological polar surface area (TPSA) is 65.1 Å². The standard InChI is InChI=1S/C24H33NO5/c1-24(2,3)30-23(27)6-5-12-28-14-15-29-13-11-25(4)22-10-9-20-16-19(18-26)7-8-21(20)17-22/h7-10,16-18H,5-6,11-15H2,1-4H3. The monoisotopic (exact) mass is 415 g/mol. The van der Waals surface area contributed by atoms with E-state index in [9.17, 15) is 9.59 Å². The van der Waals surface area contributed by atoms with Gasteiger partial charge in [0.2, 0.25) is 0 Å². The summed E-state index contributed by atoms with van der Waals surface area (Å²) in [6.07, 6.45) is 1.88. The van der Waals surface area contributed by atoms with Crippen molar-refractivity contribution in [3.05, 3.63) is 42.0 Å². The molecule has 0 spiro atoms. The van der Waals surface area contributed by atoms with Gasteiger partial charge in [-0.1, -0.05) is 18.2 Å². The fourth-order valence-electron chi connectivity index (χ4n) is 2.93. The van der Waals surface area contributed by atoms with Crippen molar-refractivity contribution in [2.75, 3.05) is 44.9 Å². The number of anilines is 1. The van der Waals surface area contributed by atoms with Crippen molar-refractivity contribution in [3.8, 4) is 0 Å². The van der Waals surface area contributed by atoms with E-state index in [0.29, 0.717) is 44.8 Å². The zero-order valence-corrected chi connectivity index (χ0v) is 18.5. The van der Waals surface area contributed by atoms with Crippen LogP contribution in [0.2, 0.25) is 0 Å². The Kier molecular flexibility index (Phi) is 9.27. The molecule has 0 unspecified atom stereocenters. The van der Waals surface area contributed by atoms with Gasteiger partial charge in [0.05, 0.1) is 19.8 Å². The zero-order valence-electron chi connectivity index (χ0n) is 18.5. The third-order valence-electron chi connectivity index (χ3n) is 4.46. The van der Waals surface area contributed by atoms with E-state index in [1.807, 2.05) is 58.2 Å². The maximum absolute atomic E-state index is 11.6. The Hall–Kier alpha value is -2.44. The van der Waals surface area contributed by atoms with E-state index in [0.717, 1.165) is 29.3 Å². The van der Waals surface area contributed by atoms with E-state index >= 15 is 0 Å². The summed E-state index contributed by atoms with van der Waals surface area (Å²) in [5.74, 6) is -0.191. The first-order chi connectivity index (χ1) is 14.3. The number of likely N-dealkylation sites (N-methyl/N-ethyl adjacent to an activating group) is 1. The summed E-state index contributed by atoms with van der Waals surface area (Å²) in [4.78, 5) is 24.6. The number of carbonyl (C=O) groups excluding carboxylic acids is 2. The predicted octanol–water partition coefficient (Wildman–Crippen LogP) is 4.24. The molecular formula is C24H33NO5. The molecule has 0 heterocycles. The van der Waals surface area contributed by atoms with Crippen molar-refractivity contribution in [2.24, 2.45) is 0 Å². The second-order valence-electron chi connectivity index (χ2n) is 8.25. The molecule has 0 fully saturated rings. The van der Waals surface area contributed by atoms with Crippen LogP contribution in [-0.4, -0.2) is 57.9 Å². The van der Waals surface area contributed by atoms with Crippen LogP contribution in [0.15, 0.2) is 36.4 Å². The molecule has 0 saturated heterocycles. The Balaban J connectivity index is 1.58. The number of rotatable bonds is 12. The number of benzene rings is 2. The van der Waals surface area contributed by atoms with Gasteiger partial charge in [0.25, 0.3) is 0 Å². The minimum absolute atomic E-state index is 0.191. The molecule has 164 valence electrons. The Morgan fingerprint density at radius 3 is 2.33 bits per heavy atom. The van der Waals surface area contributed by atoms with Gasteiger partial charge >= 0.3 is 5.97 Å².